The van der Waals surface area contributed by atoms with Crippen LogP contribution in [0.15, 0.2) is 16.7 Å². The Morgan fingerprint density at radius 1 is 1.50 bits per heavy atom. The molecule has 4 nitrogen and oxygen atoms in total. The van der Waals surface area contributed by atoms with Crippen molar-refractivity contribution in [1.82, 2.24) is 4.98 Å². The highest BCUT2D eigenvalue weighted by Crippen LogP contribution is 2.31. The van der Waals surface area contributed by atoms with Crippen LogP contribution in [0.25, 0.3) is 0 Å². The Hall–Kier alpha value is -0.650. The van der Waals surface area contributed by atoms with Gasteiger partial charge in [0.15, 0.2) is 0 Å². The zero-order valence-corrected chi connectivity index (χ0v) is 12.2. The van der Waals surface area contributed by atoms with Crippen LogP contribution in [0.3, 0.4) is 0 Å². The normalized spacial score (nSPS) is 18.6. The molecule has 0 unspecified atom stereocenters. The lowest BCUT2D eigenvalue weighted by Gasteiger charge is -2.35. The number of halogens is 1. The zero-order chi connectivity index (χ0) is 13.0. The lowest BCUT2D eigenvalue weighted by atomic mass is 9.81. The Kier molecular flexibility index (Phi) is 4.59. The van der Waals surface area contributed by atoms with Gasteiger partial charge >= 0.3 is 0 Å². The first kappa shape index (κ1) is 13.8. The van der Waals surface area contributed by atoms with Gasteiger partial charge in [-0.3, -0.25) is 0 Å². The molecule has 0 saturated carbocycles. The maximum absolute atomic E-state index is 9.61. The third kappa shape index (κ3) is 3.22. The van der Waals surface area contributed by atoms with Gasteiger partial charge in [-0.1, -0.05) is 0 Å². The Morgan fingerprint density at radius 3 is 2.83 bits per heavy atom. The number of hydrogen-bond acceptors (Lipinski definition) is 4. The molecule has 1 aliphatic rings. The summed E-state index contributed by atoms with van der Waals surface area (Å²) < 4.78 is 6.32. The number of nitrogens with one attached hydrogen (secondary N) is 1. The van der Waals surface area contributed by atoms with E-state index in [1.807, 2.05) is 19.2 Å². The van der Waals surface area contributed by atoms with Crippen LogP contribution in [0.4, 0.5) is 5.82 Å². The molecule has 0 spiro atoms. The van der Waals surface area contributed by atoms with Crippen molar-refractivity contribution in [2.24, 2.45) is 5.41 Å². The molecule has 0 amide bonds. The number of hydrogen-bond donors (Lipinski definition) is 2. The van der Waals surface area contributed by atoms with Crippen LogP contribution in [-0.2, 0) is 4.74 Å². The molecule has 0 aliphatic carbocycles. The van der Waals surface area contributed by atoms with Gasteiger partial charge < -0.3 is 15.2 Å². The first-order chi connectivity index (χ1) is 8.65. The molecule has 18 heavy (non-hydrogen) atoms. The number of anilines is 1. The lowest BCUT2D eigenvalue weighted by molar-refractivity contribution is -0.00862. The Balaban J connectivity index is 2.01. The molecule has 2 rings (SSSR count). The van der Waals surface area contributed by atoms with Crippen LogP contribution in [0.2, 0.25) is 0 Å². The van der Waals surface area contributed by atoms with Crippen molar-refractivity contribution in [3.63, 3.8) is 0 Å². The van der Waals surface area contributed by atoms with Crippen LogP contribution >= 0.6 is 15.9 Å². The first-order valence-corrected chi connectivity index (χ1v) is 6.99. The summed E-state index contributed by atoms with van der Waals surface area (Å²) in [5.74, 6) is 0.833. The van der Waals surface area contributed by atoms with Crippen molar-refractivity contribution < 1.29 is 9.84 Å². The van der Waals surface area contributed by atoms with Crippen molar-refractivity contribution in [3.05, 3.63) is 22.3 Å². The van der Waals surface area contributed by atoms with Gasteiger partial charge in [0, 0.05) is 31.4 Å². The fourth-order valence-corrected chi connectivity index (χ4v) is 2.73. The summed E-state index contributed by atoms with van der Waals surface area (Å²) in [5.41, 5.74) is 1.04. The van der Waals surface area contributed by atoms with Crippen molar-refractivity contribution in [2.45, 2.75) is 19.8 Å². The summed E-state index contributed by atoms with van der Waals surface area (Å²) in [5, 5.41) is 12.9. The van der Waals surface area contributed by atoms with Crippen molar-refractivity contribution in [1.29, 1.82) is 0 Å². The molecule has 0 atom stereocenters. The highest BCUT2D eigenvalue weighted by molar-refractivity contribution is 9.10. The summed E-state index contributed by atoms with van der Waals surface area (Å²) in [7, 11) is 0. The van der Waals surface area contributed by atoms with Gasteiger partial charge in [-0.05, 0) is 47.3 Å². The minimum absolute atomic E-state index is 0.0791. The third-order valence-corrected chi connectivity index (χ3v) is 4.10. The first-order valence-electron chi connectivity index (χ1n) is 6.20. The van der Waals surface area contributed by atoms with E-state index in [9.17, 15) is 5.11 Å². The minimum Gasteiger partial charge on any atom is -0.396 e. The fourth-order valence-electron chi connectivity index (χ4n) is 2.13. The van der Waals surface area contributed by atoms with Crippen molar-refractivity contribution >= 4 is 21.7 Å². The molecule has 1 aromatic rings. The number of rotatable bonds is 4. The maximum atomic E-state index is 9.61. The molecule has 5 heteroatoms. The van der Waals surface area contributed by atoms with Gasteiger partial charge in [0.05, 0.1) is 11.1 Å². The lowest BCUT2D eigenvalue weighted by Crippen LogP contribution is -2.39. The number of aryl methyl sites for hydroxylation is 1. The van der Waals surface area contributed by atoms with E-state index in [1.165, 1.54) is 0 Å². The van der Waals surface area contributed by atoms with Crippen LogP contribution in [0.5, 0.6) is 0 Å². The van der Waals surface area contributed by atoms with Crippen molar-refractivity contribution in [2.75, 3.05) is 31.7 Å². The molecule has 2 heterocycles. The molecule has 0 aromatic carbocycles. The van der Waals surface area contributed by atoms with Gasteiger partial charge in [-0.2, -0.15) is 0 Å². The predicted octanol–water partition coefficient (Wildman–Crippen LogP) is 2.35. The van der Waals surface area contributed by atoms with E-state index in [-0.39, 0.29) is 12.0 Å². The summed E-state index contributed by atoms with van der Waals surface area (Å²) >= 11 is 3.50. The van der Waals surface area contributed by atoms with Crippen LogP contribution in [0, 0.1) is 12.3 Å². The average Bonchev–Trinajstić information content (AvgIpc) is 2.39. The minimum atomic E-state index is -0.0791. The van der Waals surface area contributed by atoms with E-state index >= 15 is 0 Å². The quantitative estimate of drug-likeness (QED) is 0.895. The van der Waals surface area contributed by atoms with Gasteiger partial charge in [0.25, 0.3) is 0 Å². The zero-order valence-electron chi connectivity index (χ0n) is 10.6. The van der Waals surface area contributed by atoms with Gasteiger partial charge in [-0.15, -0.1) is 0 Å². The van der Waals surface area contributed by atoms with E-state index in [0.717, 1.165) is 48.5 Å². The maximum Gasteiger partial charge on any atom is 0.140 e. The van der Waals surface area contributed by atoms with Gasteiger partial charge in [-0.25, -0.2) is 4.98 Å². The number of ether oxygens (including phenoxy) is 1. The molecule has 0 bridgehead atoms. The summed E-state index contributed by atoms with van der Waals surface area (Å²) in [6, 6.07) is 2.03. The second-order valence-corrected chi connectivity index (χ2v) is 5.82. The molecule has 100 valence electrons. The molecular weight excluding hydrogens is 296 g/mol. The average molecular weight is 315 g/mol. The standard InChI is InChI=1S/C13H19BrN2O2/c1-10-6-11(14)12(15-7-10)16-8-13(9-17)2-4-18-5-3-13/h6-7,17H,2-5,8-9H2,1H3,(H,15,16). The monoisotopic (exact) mass is 314 g/mol. The van der Waals surface area contributed by atoms with E-state index in [2.05, 4.69) is 26.2 Å². The van der Waals surface area contributed by atoms with E-state index in [0.29, 0.717) is 0 Å². The van der Waals surface area contributed by atoms with Crippen molar-refractivity contribution in [3.8, 4) is 0 Å². The Morgan fingerprint density at radius 2 is 2.22 bits per heavy atom. The number of aromatic nitrogens is 1. The Bertz CT molecular complexity index is 406. The molecule has 1 fully saturated rings. The van der Waals surface area contributed by atoms with Gasteiger partial charge in [0.2, 0.25) is 0 Å². The fraction of sp³-hybridized carbons (Fsp3) is 0.615. The predicted molar refractivity (Wildman–Crippen MR) is 74.7 cm³/mol. The number of aliphatic hydroxyl groups excluding tert-OH is 1. The second-order valence-electron chi connectivity index (χ2n) is 4.97. The highest BCUT2D eigenvalue weighted by Gasteiger charge is 2.32. The summed E-state index contributed by atoms with van der Waals surface area (Å²) in [6.45, 7) is 4.37. The van der Waals surface area contributed by atoms with E-state index in [1.54, 1.807) is 0 Å². The molecule has 1 aliphatic heterocycles. The van der Waals surface area contributed by atoms with Crippen LogP contribution < -0.4 is 5.32 Å². The molecule has 2 N–H and O–H groups in total. The third-order valence-electron chi connectivity index (χ3n) is 3.50. The molecule has 1 saturated heterocycles. The van der Waals surface area contributed by atoms with Crippen LogP contribution in [-0.4, -0.2) is 36.5 Å². The van der Waals surface area contributed by atoms with Gasteiger partial charge in [0.1, 0.15) is 5.82 Å². The summed E-state index contributed by atoms with van der Waals surface area (Å²) in [6.07, 6.45) is 3.61. The Labute approximate surface area is 116 Å². The highest BCUT2D eigenvalue weighted by atomic mass is 79.9. The molecule has 1 aromatic heterocycles. The number of nitrogens with zero attached hydrogens (tertiary/aromatic N) is 1. The summed E-state index contributed by atoms with van der Waals surface area (Å²) in [4.78, 5) is 4.36. The number of aliphatic hydroxyl groups is 1. The largest absolute Gasteiger partial charge is 0.396 e. The molecule has 0 radical (unpaired) electrons. The topological polar surface area (TPSA) is 54.4 Å². The number of pyridine rings is 1. The SMILES string of the molecule is Cc1cnc(NCC2(CO)CCOCC2)c(Br)c1. The smallest absolute Gasteiger partial charge is 0.140 e. The van der Waals surface area contributed by atoms with E-state index in [4.69, 9.17) is 4.74 Å². The van der Waals surface area contributed by atoms with E-state index < -0.39 is 0 Å². The second kappa shape index (κ2) is 5.99. The van der Waals surface area contributed by atoms with Crippen LogP contribution in [0.1, 0.15) is 18.4 Å². The molecular formula is C13H19BrN2O2.